The summed E-state index contributed by atoms with van der Waals surface area (Å²) in [5.74, 6) is 1.76. The van der Waals surface area contributed by atoms with Crippen molar-refractivity contribution in [3.8, 4) is 11.5 Å². The molecular formula is C14H18O3. The van der Waals surface area contributed by atoms with Crippen LogP contribution in [-0.2, 0) is 11.2 Å². The third kappa shape index (κ3) is 2.39. The Balaban J connectivity index is 1.60. The van der Waals surface area contributed by atoms with Gasteiger partial charge in [-0.15, -0.1) is 0 Å². The van der Waals surface area contributed by atoms with Gasteiger partial charge in [-0.25, -0.2) is 0 Å². The maximum Gasteiger partial charge on any atom is 0.161 e. The van der Waals surface area contributed by atoms with Crippen LogP contribution in [0.25, 0.3) is 0 Å². The van der Waals surface area contributed by atoms with Crippen molar-refractivity contribution in [1.29, 1.82) is 0 Å². The molecule has 17 heavy (non-hydrogen) atoms. The van der Waals surface area contributed by atoms with E-state index in [0.29, 0.717) is 25.4 Å². The molecular weight excluding hydrogens is 216 g/mol. The highest BCUT2D eigenvalue weighted by molar-refractivity contribution is 5.43. The van der Waals surface area contributed by atoms with Crippen LogP contribution in [0.5, 0.6) is 11.5 Å². The quantitative estimate of drug-likeness (QED) is 0.750. The van der Waals surface area contributed by atoms with E-state index >= 15 is 0 Å². The summed E-state index contributed by atoms with van der Waals surface area (Å²) in [6, 6.07) is 6.23. The molecule has 2 heterocycles. The molecule has 0 aromatic heterocycles. The largest absolute Gasteiger partial charge is 0.486 e. The van der Waals surface area contributed by atoms with Gasteiger partial charge in [-0.3, -0.25) is 0 Å². The van der Waals surface area contributed by atoms with Crippen molar-refractivity contribution in [3.05, 3.63) is 23.8 Å². The Bertz CT molecular complexity index is 402. The summed E-state index contributed by atoms with van der Waals surface area (Å²) in [4.78, 5) is 0. The molecule has 3 heteroatoms. The average molecular weight is 234 g/mol. The number of benzene rings is 1. The SMILES string of the molecule is CCC1OC1CCc1ccc2c(c1)OCCO2. The van der Waals surface area contributed by atoms with Gasteiger partial charge >= 0.3 is 0 Å². The molecule has 1 saturated heterocycles. The highest BCUT2D eigenvalue weighted by atomic mass is 16.6. The minimum atomic E-state index is 0.480. The van der Waals surface area contributed by atoms with Gasteiger partial charge in [0, 0.05) is 0 Å². The van der Waals surface area contributed by atoms with Crippen LogP contribution in [0.4, 0.5) is 0 Å². The predicted octanol–water partition coefficient (Wildman–Crippen LogP) is 2.57. The Hall–Kier alpha value is -1.22. The zero-order chi connectivity index (χ0) is 11.7. The van der Waals surface area contributed by atoms with Gasteiger partial charge in [0.05, 0.1) is 12.2 Å². The van der Waals surface area contributed by atoms with Crippen LogP contribution in [0.3, 0.4) is 0 Å². The molecule has 1 aromatic carbocycles. The number of hydrogen-bond donors (Lipinski definition) is 0. The molecule has 2 aliphatic heterocycles. The van der Waals surface area contributed by atoms with E-state index in [4.69, 9.17) is 14.2 Å². The smallest absolute Gasteiger partial charge is 0.161 e. The third-order valence-corrected chi connectivity index (χ3v) is 3.41. The maximum atomic E-state index is 5.57. The number of rotatable bonds is 4. The van der Waals surface area contributed by atoms with Crippen molar-refractivity contribution in [2.24, 2.45) is 0 Å². The molecule has 0 bridgehead atoms. The highest BCUT2D eigenvalue weighted by Gasteiger charge is 2.36. The normalized spacial score (nSPS) is 25.7. The van der Waals surface area contributed by atoms with E-state index in [1.54, 1.807) is 0 Å². The first-order valence-corrected chi connectivity index (χ1v) is 6.41. The fourth-order valence-electron chi connectivity index (χ4n) is 2.34. The van der Waals surface area contributed by atoms with Crippen LogP contribution in [0.15, 0.2) is 18.2 Å². The number of hydrogen-bond acceptors (Lipinski definition) is 3. The second kappa shape index (κ2) is 4.57. The van der Waals surface area contributed by atoms with Crippen molar-refractivity contribution in [2.45, 2.75) is 38.4 Å². The van der Waals surface area contributed by atoms with Crippen LogP contribution >= 0.6 is 0 Å². The highest BCUT2D eigenvalue weighted by Crippen LogP contribution is 2.33. The molecule has 0 aliphatic carbocycles. The summed E-state index contributed by atoms with van der Waals surface area (Å²) in [5, 5.41) is 0. The van der Waals surface area contributed by atoms with Gasteiger partial charge < -0.3 is 14.2 Å². The summed E-state index contributed by atoms with van der Waals surface area (Å²) >= 11 is 0. The lowest BCUT2D eigenvalue weighted by Crippen LogP contribution is -2.15. The van der Waals surface area contributed by atoms with Crippen LogP contribution in [0.1, 0.15) is 25.3 Å². The molecule has 0 saturated carbocycles. The lowest BCUT2D eigenvalue weighted by Gasteiger charge is -2.18. The van der Waals surface area contributed by atoms with Gasteiger partial charge in [-0.1, -0.05) is 13.0 Å². The number of fused-ring (bicyclic) bond motifs is 1. The summed E-state index contributed by atoms with van der Waals surface area (Å²) in [5.41, 5.74) is 1.31. The minimum Gasteiger partial charge on any atom is -0.486 e. The van der Waals surface area contributed by atoms with Crippen LogP contribution in [0, 0.1) is 0 Å². The lowest BCUT2D eigenvalue weighted by atomic mass is 10.1. The standard InChI is InChI=1S/C14H18O3/c1-2-11-13(17-11)6-4-10-3-5-12-14(9-10)16-8-7-15-12/h3,5,9,11,13H,2,4,6-8H2,1H3. The number of aryl methyl sites for hydroxylation is 1. The molecule has 0 radical (unpaired) electrons. The molecule has 0 spiro atoms. The van der Waals surface area contributed by atoms with Crippen molar-refractivity contribution in [1.82, 2.24) is 0 Å². The monoisotopic (exact) mass is 234 g/mol. The first-order chi connectivity index (χ1) is 8.36. The van der Waals surface area contributed by atoms with Crippen molar-refractivity contribution < 1.29 is 14.2 Å². The van der Waals surface area contributed by atoms with Crippen molar-refractivity contribution >= 4 is 0 Å². The summed E-state index contributed by atoms with van der Waals surface area (Å²) in [6.45, 7) is 3.48. The predicted molar refractivity (Wildman–Crippen MR) is 64.7 cm³/mol. The van der Waals surface area contributed by atoms with E-state index < -0.39 is 0 Å². The van der Waals surface area contributed by atoms with Gasteiger partial charge in [0.25, 0.3) is 0 Å². The molecule has 3 rings (SSSR count). The molecule has 0 amide bonds. The first-order valence-electron chi connectivity index (χ1n) is 6.41. The number of epoxide rings is 1. The summed E-state index contributed by atoms with van der Waals surface area (Å²) in [6.07, 6.45) is 4.28. The van der Waals surface area contributed by atoms with Gasteiger partial charge in [0.1, 0.15) is 13.2 Å². The second-order valence-electron chi connectivity index (χ2n) is 4.64. The van der Waals surface area contributed by atoms with Crippen LogP contribution in [-0.4, -0.2) is 25.4 Å². The van der Waals surface area contributed by atoms with Gasteiger partial charge in [-0.2, -0.15) is 0 Å². The van der Waals surface area contributed by atoms with E-state index in [1.807, 2.05) is 6.07 Å². The Kier molecular flexibility index (Phi) is 2.93. The lowest BCUT2D eigenvalue weighted by molar-refractivity contribution is 0.171. The van der Waals surface area contributed by atoms with Crippen LogP contribution in [0.2, 0.25) is 0 Å². The molecule has 2 aliphatic rings. The summed E-state index contributed by atoms with van der Waals surface area (Å²) in [7, 11) is 0. The summed E-state index contributed by atoms with van der Waals surface area (Å²) < 4.78 is 16.6. The Labute approximate surface area is 102 Å². The fraction of sp³-hybridized carbons (Fsp3) is 0.571. The van der Waals surface area contributed by atoms with Crippen LogP contribution < -0.4 is 9.47 Å². The average Bonchev–Trinajstić information content (AvgIpc) is 3.15. The minimum absolute atomic E-state index is 0.480. The Morgan fingerprint density at radius 2 is 1.94 bits per heavy atom. The zero-order valence-corrected chi connectivity index (χ0v) is 10.1. The van der Waals surface area contributed by atoms with E-state index in [-0.39, 0.29) is 0 Å². The molecule has 1 aromatic rings. The van der Waals surface area contributed by atoms with E-state index in [9.17, 15) is 0 Å². The maximum absolute atomic E-state index is 5.57. The molecule has 1 fully saturated rings. The Morgan fingerprint density at radius 1 is 1.12 bits per heavy atom. The van der Waals surface area contributed by atoms with E-state index in [2.05, 4.69) is 19.1 Å². The van der Waals surface area contributed by atoms with Gasteiger partial charge in [0.15, 0.2) is 11.5 Å². The molecule has 92 valence electrons. The topological polar surface area (TPSA) is 31.0 Å². The molecule has 0 N–H and O–H groups in total. The van der Waals surface area contributed by atoms with Crippen molar-refractivity contribution in [2.75, 3.05) is 13.2 Å². The van der Waals surface area contributed by atoms with E-state index in [0.717, 1.165) is 30.8 Å². The van der Waals surface area contributed by atoms with E-state index in [1.165, 1.54) is 5.56 Å². The zero-order valence-electron chi connectivity index (χ0n) is 10.1. The molecule has 3 nitrogen and oxygen atoms in total. The van der Waals surface area contributed by atoms with Crippen molar-refractivity contribution in [3.63, 3.8) is 0 Å². The first kappa shape index (κ1) is 10.9. The number of ether oxygens (including phenoxy) is 3. The molecule has 2 unspecified atom stereocenters. The van der Waals surface area contributed by atoms with Gasteiger partial charge in [-0.05, 0) is 37.0 Å². The van der Waals surface area contributed by atoms with Gasteiger partial charge in [0.2, 0.25) is 0 Å². The second-order valence-corrected chi connectivity index (χ2v) is 4.64. The fourth-order valence-corrected chi connectivity index (χ4v) is 2.34. The Morgan fingerprint density at radius 3 is 2.71 bits per heavy atom. The molecule has 2 atom stereocenters. The third-order valence-electron chi connectivity index (χ3n) is 3.41.